The van der Waals surface area contributed by atoms with E-state index in [1.807, 2.05) is 0 Å². The van der Waals surface area contributed by atoms with Gasteiger partial charge >= 0.3 is 0 Å². The summed E-state index contributed by atoms with van der Waals surface area (Å²) in [6, 6.07) is 13.4. The molecular weight excluding hydrogens is 352 g/mol. The number of benzene rings is 2. The van der Waals surface area contributed by atoms with Crippen molar-refractivity contribution in [2.45, 2.75) is 23.8 Å². The molecule has 1 amide bonds. The zero-order chi connectivity index (χ0) is 18.6. The zero-order valence-corrected chi connectivity index (χ0v) is 15.1. The molecule has 1 aliphatic carbocycles. The number of anilines is 1. The van der Waals surface area contributed by atoms with Crippen LogP contribution in [0.4, 0.5) is 5.69 Å². The van der Waals surface area contributed by atoms with Gasteiger partial charge in [0.15, 0.2) is 0 Å². The smallest absolute Gasteiger partial charge is 0.262 e. The topological polar surface area (TPSA) is 84.5 Å². The zero-order valence-electron chi connectivity index (χ0n) is 14.3. The fourth-order valence-electron chi connectivity index (χ4n) is 2.34. The summed E-state index contributed by atoms with van der Waals surface area (Å²) >= 11 is 0. The Bertz CT molecular complexity index is 917. The minimum absolute atomic E-state index is 0.128. The highest BCUT2D eigenvalue weighted by atomic mass is 32.2. The average Bonchev–Trinajstić information content (AvgIpc) is 3.44. The third-order valence-corrected chi connectivity index (χ3v) is 5.27. The van der Waals surface area contributed by atoms with Gasteiger partial charge < -0.3 is 10.1 Å². The molecule has 7 heteroatoms. The highest BCUT2D eigenvalue weighted by Crippen LogP contribution is 2.26. The molecular formula is C19H20N2O4S. The molecule has 136 valence electrons. The lowest BCUT2D eigenvalue weighted by Gasteiger charge is -2.11. The lowest BCUT2D eigenvalue weighted by atomic mass is 10.2. The molecule has 26 heavy (non-hydrogen) atoms. The van der Waals surface area contributed by atoms with Crippen LogP contribution < -0.4 is 14.8 Å². The van der Waals surface area contributed by atoms with E-state index in [0.717, 1.165) is 18.4 Å². The maximum atomic E-state index is 12.5. The summed E-state index contributed by atoms with van der Waals surface area (Å²) in [5.41, 5.74) is 1.11. The van der Waals surface area contributed by atoms with Gasteiger partial charge in [0.1, 0.15) is 5.75 Å². The van der Waals surface area contributed by atoms with E-state index in [1.165, 1.54) is 25.3 Å². The van der Waals surface area contributed by atoms with Gasteiger partial charge in [0, 0.05) is 12.1 Å². The van der Waals surface area contributed by atoms with Gasteiger partial charge in [-0.3, -0.25) is 9.52 Å². The van der Waals surface area contributed by atoms with Crippen molar-refractivity contribution in [3.8, 4) is 5.75 Å². The summed E-state index contributed by atoms with van der Waals surface area (Å²) in [7, 11) is -2.26. The van der Waals surface area contributed by atoms with Crippen LogP contribution in [0.2, 0.25) is 0 Å². The molecule has 2 aromatic carbocycles. The number of hydrogen-bond donors (Lipinski definition) is 2. The molecule has 0 heterocycles. The second kappa shape index (κ2) is 7.61. The van der Waals surface area contributed by atoms with Crippen molar-refractivity contribution >= 4 is 27.7 Å². The highest BCUT2D eigenvalue weighted by molar-refractivity contribution is 7.92. The third-order valence-electron chi connectivity index (χ3n) is 3.89. The van der Waals surface area contributed by atoms with E-state index in [4.69, 9.17) is 4.74 Å². The number of hydrogen-bond acceptors (Lipinski definition) is 4. The van der Waals surface area contributed by atoms with E-state index < -0.39 is 10.0 Å². The van der Waals surface area contributed by atoms with Gasteiger partial charge in [-0.25, -0.2) is 8.42 Å². The molecule has 0 spiro atoms. The van der Waals surface area contributed by atoms with Crippen LogP contribution in [0.5, 0.6) is 5.75 Å². The monoisotopic (exact) mass is 372 g/mol. The fraction of sp³-hybridized carbons (Fsp3) is 0.211. The Balaban J connectivity index is 1.70. The normalized spacial score (nSPS) is 14.2. The van der Waals surface area contributed by atoms with Crippen LogP contribution in [0.1, 0.15) is 18.4 Å². The van der Waals surface area contributed by atoms with Gasteiger partial charge in [-0.05, 0) is 48.7 Å². The average molecular weight is 372 g/mol. The van der Waals surface area contributed by atoms with Crippen molar-refractivity contribution in [2.24, 2.45) is 0 Å². The van der Waals surface area contributed by atoms with Gasteiger partial charge in [-0.1, -0.05) is 24.3 Å². The predicted molar refractivity (Wildman–Crippen MR) is 100 cm³/mol. The van der Waals surface area contributed by atoms with E-state index in [-0.39, 0.29) is 10.8 Å². The fourth-order valence-corrected chi connectivity index (χ4v) is 3.41. The number of sulfonamides is 1. The van der Waals surface area contributed by atoms with Crippen LogP contribution in [-0.2, 0) is 14.8 Å². The van der Waals surface area contributed by atoms with E-state index in [9.17, 15) is 13.2 Å². The van der Waals surface area contributed by atoms with Crippen LogP contribution >= 0.6 is 0 Å². The first-order chi connectivity index (χ1) is 12.5. The van der Waals surface area contributed by atoms with E-state index in [1.54, 1.807) is 42.5 Å². The first kappa shape index (κ1) is 18.0. The summed E-state index contributed by atoms with van der Waals surface area (Å²) in [5.74, 6) is 0.305. The van der Waals surface area contributed by atoms with Crippen LogP contribution in [0.25, 0.3) is 6.08 Å². The maximum absolute atomic E-state index is 12.5. The minimum Gasteiger partial charge on any atom is -0.495 e. The minimum atomic E-state index is -3.73. The number of para-hydroxylation sites is 2. The molecule has 1 fully saturated rings. The van der Waals surface area contributed by atoms with Crippen molar-refractivity contribution < 1.29 is 17.9 Å². The second-order valence-corrected chi connectivity index (χ2v) is 7.67. The van der Waals surface area contributed by atoms with Crippen LogP contribution in [0.15, 0.2) is 59.5 Å². The number of carbonyl (C=O) groups excluding carboxylic acids is 1. The van der Waals surface area contributed by atoms with Crippen LogP contribution in [-0.4, -0.2) is 27.5 Å². The Morgan fingerprint density at radius 1 is 1.12 bits per heavy atom. The Morgan fingerprint density at radius 3 is 2.46 bits per heavy atom. The van der Waals surface area contributed by atoms with Crippen molar-refractivity contribution in [1.29, 1.82) is 0 Å². The van der Waals surface area contributed by atoms with Crippen molar-refractivity contribution in [2.75, 3.05) is 11.8 Å². The molecule has 1 saturated carbocycles. The Hall–Kier alpha value is -2.80. The number of carbonyl (C=O) groups is 1. The van der Waals surface area contributed by atoms with Gasteiger partial charge in [0.25, 0.3) is 10.0 Å². The molecule has 6 nitrogen and oxygen atoms in total. The first-order valence-corrected chi connectivity index (χ1v) is 9.71. The second-order valence-electron chi connectivity index (χ2n) is 5.99. The van der Waals surface area contributed by atoms with E-state index in [2.05, 4.69) is 10.0 Å². The lowest BCUT2D eigenvalue weighted by molar-refractivity contribution is -0.116. The first-order valence-electron chi connectivity index (χ1n) is 8.22. The quantitative estimate of drug-likeness (QED) is 0.732. The standard InChI is InChI=1S/C19H20N2O4S/c1-25-18-5-3-2-4-17(18)21-26(23,24)16-11-6-14(7-12-16)8-13-19(22)20-15-9-10-15/h2-8,11-13,15,21H,9-10H2,1H3,(H,20,22)/b13-8+. The summed E-state index contributed by atoms with van der Waals surface area (Å²) in [6.45, 7) is 0. The number of ether oxygens (including phenoxy) is 1. The van der Waals surface area contributed by atoms with Crippen LogP contribution in [0.3, 0.4) is 0 Å². The van der Waals surface area contributed by atoms with Crippen molar-refractivity contribution in [1.82, 2.24) is 5.32 Å². The lowest BCUT2D eigenvalue weighted by Crippen LogP contribution is -2.22. The summed E-state index contributed by atoms with van der Waals surface area (Å²) in [4.78, 5) is 11.8. The van der Waals surface area contributed by atoms with E-state index in [0.29, 0.717) is 17.5 Å². The molecule has 2 N–H and O–H groups in total. The molecule has 1 aliphatic rings. The van der Waals surface area contributed by atoms with Crippen LogP contribution in [0, 0.1) is 0 Å². The molecule has 0 saturated heterocycles. The summed E-state index contributed by atoms with van der Waals surface area (Å²) in [6.07, 6.45) is 5.17. The van der Waals surface area contributed by atoms with Gasteiger partial charge in [0.2, 0.25) is 5.91 Å². The Morgan fingerprint density at radius 2 is 1.81 bits per heavy atom. The van der Waals surface area contributed by atoms with E-state index >= 15 is 0 Å². The molecule has 0 radical (unpaired) electrons. The number of rotatable bonds is 7. The maximum Gasteiger partial charge on any atom is 0.262 e. The molecule has 0 atom stereocenters. The molecule has 0 aliphatic heterocycles. The molecule has 0 aromatic heterocycles. The molecule has 3 rings (SSSR count). The molecule has 2 aromatic rings. The number of amides is 1. The van der Waals surface area contributed by atoms with Crippen molar-refractivity contribution in [3.05, 3.63) is 60.2 Å². The Kier molecular flexibility index (Phi) is 5.27. The SMILES string of the molecule is COc1ccccc1NS(=O)(=O)c1ccc(/C=C/C(=O)NC2CC2)cc1. The highest BCUT2D eigenvalue weighted by Gasteiger charge is 2.22. The van der Waals surface area contributed by atoms with Gasteiger partial charge in [-0.2, -0.15) is 0 Å². The Labute approximate surface area is 152 Å². The molecule has 0 unspecified atom stereocenters. The predicted octanol–water partition coefficient (Wildman–Crippen LogP) is 2.79. The number of methoxy groups -OCH3 is 1. The largest absolute Gasteiger partial charge is 0.495 e. The number of nitrogens with one attached hydrogen (secondary N) is 2. The summed E-state index contributed by atoms with van der Waals surface area (Å²) < 4.78 is 32.7. The van der Waals surface area contributed by atoms with Crippen molar-refractivity contribution in [3.63, 3.8) is 0 Å². The summed E-state index contributed by atoms with van der Waals surface area (Å²) in [5, 5.41) is 2.85. The third kappa shape index (κ3) is 4.64. The van der Waals surface area contributed by atoms with Gasteiger partial charge in [-0.15, -0.1) is 0 Å². The van der Waals surface area contributed by atoms with Gasteiger partial charge in [0.05, 0.1) is 17.7 Å². The molecule has 0 bridgehead atoms.